The lowest BCUT2D eigenvalue weighted by Crippen LogP contribution is -2.47. The minimum atomic E-state index is -0.570. The second-order valence-corrected chi connectivity index (χ2v) is 9.25. The highest BCUT2D eigenvalue weighted by Crippen LogP contribution is 2.09. The average molecular weight is 493 g/mol. The second kappa shape index (κ2) is 11.3. The Hall–Kier alpha value is -3.76. The van der Waals surface area contributed by atoms with Gasteiger partial charge in [-0.25, -0.2) is 10.2 Å². The van der Waals surface area contributed by atoms with E-state index in [1.54, 1.807) is 24.3 Å². The maximum absolute atomic E-state index is 13.3. The quantitative estimate of drug-likeness (QED) is 0.352. The minimum Gasteiger partial charge on any atom is -0.352 e. The lowest BCUT2D eigenvalue weighted by atomic mass is 10.1. The maximum Gasteiger partial charge on any atom is 0.331 e. The van der Waals surface area contributed by atoms with Gasteiger partial charge in [-0.15, -0.1) is 0 Å². The molecule has 10 heteroatoms. The van der Waals surface area contributed by atoms with E-state index in [4.69, 9.17) is 0 Å². The van der Waals surface area contributed by atoms with Gasteiger partial charge in [0, 0.05) is 25.6 Å². The Kier molecular flexibility index (Phi) is 7.97. The molecule has 1 fully saturated rings. The normalized spacial score (nSPS) is 17.3. The number of rotatable bonds is 9. The van der Waals surface area contributed by atoms with Gasteiger partial charge in [-0.05, 0) is 44.4 Å². The predicted molar refractivity (Wildman–Crippen MR) is 137 cm³/mol. The van der Waals surface area contributed by atoms with Crippen molar-refractivity contribution in [2.75, 3.05) is 0 Å². The topological polar surface area (TPSA) is 126 Å². The number of nitrogens with zero attached hydrogens (tertiary/aromatic N) is 2. The van der Waals surface area contributed by atoms with Gasteiger partial charge in [-0.2, -0.15) is 0 Å². The third-order valence-electron chi connectivity index (χ3n) is 6.26. The van der Waals surface area contributed by atoms with Crippen LogP contribution in [0.4, 0.5) is 0 Å². The number of carbonyl (C=O) groups is 2. The van der Waals surface area contributed by atoms with Crippen molar-refractivity contribution in [2.24, 2.45) is 0 Å². The van der Waals surface area contributed by atoms with Crippen LogP contribution in [0.5, 0.6) is 0 Å². The van der Waals surface area contributed by atoms with Crippen molar-refractivity contribution in [3.63, 3.8) is 0 Å². The van der Waals surface area contributed by atoms with Gasteiger partial charge in [-0.1, -0.05) is 42.0 Å². The molecule has 4 N–H and O–H groups in total. The van der Waals surface area contributed by atoms with Gasteiger partial charge in [0.1, 0.15) is 6.54 Å². The van der Waals surface area contributed by atoms with E-state index in [2.05, 4.69) is 21.5 Å². The molecule has 2 atom stereocenters. The maximum atomic E-state index is 13.3. The molecule has 0 saturated carbocycles. The summed E-state index contributed by atoms with van der Waals surface area (Å²) in [6.45, 7) is 4.27. The van der Waals surface area contributed by atoms with E-state index in [0.29, 0.717) is 30.3 Å². The monoisotopic (exact) mass is 492 g/mol. The molecule has 190 valence electrons. The third-order valence-corrected chi connectivity index (χ3v) is 6.26. The Morgan fingerprint density at radius 1 is 1.00 bits per heavy atom. The first-order valence-electron chi connectivity index (χ1n) is 12.2. The standard InChI is InChI=1S/C26H32N6O4/c1-17-9-11-19(12-10-17)15-27-23(33)8-5-13-31-25(35)20-6-3-4-7-21(20)32(26(31)36)16-24(34)28-22-14-18(2)29-30-22/h3-4,6-7,9-12,18,22,29-30H,5,8,13-16H2,1-2H3,(H,27,33)(H,28,34). The number of nitrogens with one attached hydrogen (secondary N) is 4. The van der Waals surface area contributed by atoms with Gasteiger partial charge in [0.15, 0.2) is 0 Å². The molecule has 2 unspecified atom stereocenters. The molecule has 1 saturated heterocycles. The lowest BCUT2D eigenvalue weighted by molar-refractivity contribution is -0.122. The summed E-state index contributed by atoms with van der Waals surface area (Å²) in [5.74, 6) is -0.493. The SMILES string of the molecule is Cc1ccc(CNC(=O)CCCn2c(=O)c3ccccc3n(CC(=O)NC3CC(C)NN3)c2=O)cc1. The van der Waals surface area contributed by atoms with Crippen molar-refractivity contribution in [3.8, 4) is 0 Å². The molecule has 0 radical (unpaired) electrons. The van der Waals surface area contributed by atoms with E-state index in [1.807, 2.05) is 38.1 Å². The highest BCUT2D eigenvalue weighted by molar-refractivity contribution is 5.81. The Morgan fingerprint density at radius 2 is 1.75 bits per heavy atom. The minimum absolute atomic E-state index is 0.0771. The van der Waals surface area contributed by atoms with E-state index in [1.165, 1.54) is 4.57 Å². The molecule has 0 aliphatic carbocycles. The number of amides is 2. The first kappa shape index (κ1) is 25.3. The first-order chi connectivity index (χ1) is 17.3. The van der Waals surface area contributed by atoms with Crippen LogP contribution >= 0.6 is 0 Å². The highest BCUT2D eigenvalue weighted by Gasteiger charge is 2.22. The summed E-state index contributed by atoms with van der Waals surface area (Å²) >= 11 is 0. The van der Waals surface area contributed by atoms with Gasteiger partial charge >= 0.3 is 5.69 Å². The van der Waals surface area contributed by atoms with Crippen LogP contribution in [0, 0.1) is 6.92 Å². The molecular formula is C26H32N6O4. The number of fused-ring (bicyclic) bond motifs is 1. The fourth-order valence-electron chi connectivity index (χ4n) is 4.31. The van der Waals surface area contributed by atoms with Gasteiger partial charge in [0.05, 0.1) is 17.1 Å². The Bertz CT molecular complexity index is 1360. The molecule has 1 aromatic heterocycles. The van der Waals surface area contributed by atoms with Crippen LogP contribution in [-0.4, -0.2) is 33.2 Å². The van der Waals surface area contributed by atoms with Crippen LogP contribution in [-0.2, 0) is 29.2 Å². The molecule has 0 spiro atoms. The van der Waals surface area contributed by atoms with E-state index in [-0.39, 0.29) is 43.5 Å². The molecular weight excluding hydrogens is 460 g/mol. The summed E-state index contributed by atoms with van der Waals surface area (Å²) in [6.07, 6.45) is 0.963. The zero-order chi connectivity index (χ0) is 25.7. The summed E-state index contributed by atoms with van der Waals surface area (Å²) in [7, 11) is 0. The fraction of sp³-hybridized carbons (Fsp3) is 0.385. The summed E-state index contributed by atoms with van der Waals surface area (Å²) < 4.78 is 2.43. The number of aryl methyl sites for hydroxylation is 1. The van der Waals surface area contributed by atoms with Crippen molar-refractivity contribution in [2.45, 2.75) is 65.0 Å². The first-order valence-corrected chi connectivity index (χ1v) is 12.2. The summed E-state index contributed by atoms with van der Waals surface area (Å²) in [5.41, 5.74) is 7.59. The lowest BCUT2D eigenvalue weighted by Gasteiger charge is -2.16. The van der Waals surface area contributed by atoms with Crippen molar-refractivity contribution < 1.29 is 9.59 Å². The molecule has 1 aliphatic rings. The second-order valence-electron chi connectivity index (χ2n) is 9.25. The van der Waals surface area contributed by atoms with E-state index < -0.39 is 11.2 Å². The van der Waals surface area contributed by atoms with Crippen LogP contribution < -0.4 is 32.7 Å². The number of benzene rings is 2. The molecule has 2 heterocycles. The van der Waals surface area contributed by atoms with Crippen LogP contribution in [0.25, 0.3) is 10.9 Å². The van der Waals surface area contributed by atoms with Crippen LogP contribution in [0.15, 0.2) is 58.1 Å². The van der Waals surface area contributed by atoms with Crippen molar-refractivity contribution in [3.05, 3.63) is 80.5 Å². The molecule has 0 bridgehead atoms. The van der Waals surface area contributed by atoms with E-state index >= 15 is 0 Å². The Balaban J connectivity index is 1.44. The van der Waals surface area contributed by atoms with E-state index in [0.717, 1.165) is 15.7 Å². The summed E-state index contributed by atoms with van der Waals surface area (Å²) in [6, 6.07) is 14.9. The molecule has 4 rings (SSSR count). The predicted octanol–water partition coefficient (Wildman–Crippen LogP) is 0.897. The van der Waals surface area contributed by atoms with Crippen molar-refractivity contribution in [1.29, 1.82) is 0 Å². The molecule has 1 aliphatic heterocycles. The van der Waals surface area contributed by atoms with E-state index in [9.17, 15) is 19.2 Å². The Labute approximate surface area is 208 Å². The molecule has 36 heavy (non-hydrogen) atoms. The Morgan fingerprint density at radius 3 is 2.47 bits per heavy atom. The zero-order valence-electron chi connectivity index (χ0n) is 20.5. The van der Waals surface area contributed by atoms with Crippen LogP contribution in [0.2, 0.25) is 0 Å². The van der Waals surface area contributed by atoms with Gasteiger partial charge < -0.3 is 10.6 Å². The number of carbonyl (C=O) groups excluding carboxylic acids is 2. The molecule has 2 amide bonds. The number of aromatic nitrogens is 2. The average Bonchev–Trinajstić information content (AvgIpc) is 3.27. The van der Waals surface area contributed by atoms with Crippen molar-refractivity contribution >= 4 is 22.7 Å². The smallest absolute Gasteiger partial charge is 0.331 e. The number of para-hydroxylation sites is 1. The highest BCUT2D eigenvalue weighted by atomic mass is 16.2. The summed E-state index contributed by atoms with van der Waals surface area (Å²) in [4.78, 5) is 51.3. The molecule has 2 aromatic carbocycles. The largest absolute Gasteiger partial charge is 0.352 e. The van der Waals surface area contributed by atoms with Gasteiger partial charge in [-0.3, -0.25) is 28.9 Å². The number of hydrogen-bond acceptors (Lipinski definition) is 6. The fourth-order valence-corrected chi connectivity index (χ4v) is 4.31. The molecule has 3 aromatic rings. The summed E-state index contributed by atoms with van der Waals surface area (Å²) in [5, 5.41) is 6.07. The zero-order valence-corrected chi connectivity index (χ0v) is 20.5. The number of hydrazine groups is 1. The van der Waals surface area contributed by atoms with Crippen LogP contribution in [0.3, 0.4) is 0 Å². The molecule has 10 nitrogen and oxygen atoms in total. The van der Waals surface area contributed by atoms with Crippen LogP contribution in [0.1, 0.15) is 37.3 Å². The third kappa shape index (κ3) is 6.07. The van der Waals surface area contributed by atoms with Gasteiger partial charge in [0.2, 0.25) is 11.8 Å². The van der Waals surface area contributed by atoms with Gasteiger partial charge in [0.25, 0.3) is 5.56 Å². The van der Waals surface area contributed by atoms with Crippen molar-refractivity contribution in [1.82, 2.24) is 30.6 Å². The number of hydrogen-bond donors (Lipinski definition) is 4.